The lowest BCUT2D eigenvalue weighted by Gasteiger charge is -2.27. The molecule has 0 spiro atoms. The number of nitrogens with zero attached hydrogens (tertiary/aromatic N) is 4. The van der Waals surface area contributed by atoms with Crippen molar-refractivity contribution in [1.29, 1.82) is 0 Å². The zero-order chi connectivity index (χ0) is 23.2. The quantitative estimate of drug-likeness (QED) is 0.628. The van der Waals surface area contributed by atoms with Crippen molar-refractivity contribution in [1.82, 2.24) is 25.0 Å². The number of aliphatic hydroxyl groups excluding tert-OH is 1. The molecule has 4 atom stereocenters. The van der Waals surface area contributed by atoms with Crippen molar-refractivity contribution < 1.29 is 37.4 Å². The Hall–Kier alpha value is -3.22. The lowest BCUT2D eigenvalue weighted by Crippen LogP contribution is -2.46. The summed E-state index contributed by atoms with van der Waals surface area (Å²) in [4.78, 5) is 42.4. The molecule has 13 heteroatoms. The summed E-state index contributed by atoms with van der Waals surface area (Å²) in [6.07, 6.45) is -7.10. The maximum Gasteiger partial charge on any atom is 0.416 e. The fourth-order valence-corrected chi connectivity index (χ4v) is 3.91. The van der Waals surface area contributed by atoms with Gasteiger partial charge in [0.1, 0.15) is 12.2 Å². The zero-order valence-corrected chi connectivity index (χ0v) is 16.9. The van der Waals surface area contributed by atoms with Crippen molar-refractivity contribution in [3.63, 3.8) is 0 Å². The molecule has 0 aromatic carbocycles. The normalized spacial score (nSPS) is 23.0. The number of carbonyl (C=O) groups is 3. The molecule has 2 aliphatic rings. The molecular formula is C19H20F3N5O5. The van der Waals surface area contributed by atoms with Crippen molar-refractivity contribution in [3.8, 4) is 0 Å². The van der Waals surface area contributed by atoms with Gasteiger partial charge in [0.25, 0.3) is 0 Å². The Labute approximate surface area is 179 Å². The predicted octanol–water partition coefficient (Wildman–Crippen LogP) is 1.23. The Kier molecular flexibility index (Phi) is 5.53. The SMILES string of the molecule is CC(=O)c1nn(CC(=O)N2[C@@H](OC(=O)NCC(O)C(F)(F)F)C[C@H]3C[C@H]32)c2ncccc12. The zero-order valence-electron chi connectivity index (χ0n) is 16.9. The number of alkyl carbamates (subject to hydrolysis) is 1. The van der Waals surface area contributed by atoms with Gasteiger partial charge in [-0.3, -0.25) is 9.59 Å². The Bertz CT molecular complexity index is 1070. The molecule has 0 radical (unpaired) electrons. The number of piperidine rings is 1. The molecule has 2 aromatic rings. The molecule has 3 heterocycles. The van der Waals surface area contributed by atoms with Gasteiger partial charge in [0, 0.05) is 25.6 Å². The van der Waals surface area contributed by atoms with Crippen LogP contribution in [0.1, 0.15) is 30.3 Å². The monoisotopic (exact) mass is 455 g/mol. The molecule has 1 aliphatic heterocycles. The summed E-state index contributed by atoms with van der Waals surface area (Å²) < 4.78 is 43.6. The summed E-state index contributed by atoms with van der Waals surface area (Å²) in [6, 6.07) is 3.18. The maximum atomic E-state index is 13.0. The molecule has 172 valence electrons. The average molecular weight is 455 g/mol. The van der Waals surface area contributed by atoms with Gasteiger partial charge in [0.2, 0.25) is 5.91 Å². The first kappa shape index (κ1) is 22.0. The van der Waals surface area contributed by atoms with E-state index in [1.807, 2.05) is 5.32 Å². The van der Waals surface area contributed by atoms with E-state index in [1.165, 1.54) is 22.7 Å². The fourth-order valence-electron chi connectivity index (χ4n) is 3.91. The molecule has 2 amide bonds. The van der Waals surface area contributed by atoms with Crippen LogP contribution in [0, 0.1) is 5.92 Å². The predicted molar refractivity (Wildman–Crippen MR) is 101 cm³/mol. The number of nitrogens with one attached hydrogen (secondary N) is 1. The third kappa shape index (κ3) is 4.24. The summed E-state index contributed by atoms with van der Waals surface area (Å²) in [6.45, 7) is 0.0430. The molecule has 1 unspecified atom stereocenters. The topological polar surface area (TPSA) is 127 Å². The number of carbonyl (C=O) groups excluding carboxylic acids is 3. The Morgan fingerprint density at radius 3 is 2.78 bits per heavy atom. The highest BCUT2D eigenvalue weighted by molar-refractivity contribution is 6.04. The summed E-state index contributed by atoms with van der Waals surface area (Å²) in [7, 11) is 0. The molecule has 32 heavy (non-hydrogen) atoms. The average Bonchev–Trinajstić information content (AvgIpc) is 3.22. The van der Waals surface area contributed by atoms with Crippen molar-refractivity contribution in [2.75, 3.05) is 6.54 Å². The van der Waals surface area contributed by atoms with Crippen molar-refractivity contribution in [3.05, 3.63) is 24.0 Å². The highest BCUT2D eigenvalue weighted by Gasteiger charge is 2.55. The van der Waals surface area contributed by atoms with Crippen LogP contribution < -0.4 is 5.32 Å². The first-order valence-corrected chi connectivity index (χ1v) is 9.89. The number of Topliss-reactive ketones (excluding diaryl/α,β-unsaturated/α-hetero) is 1. The van der Waals surface area contributed by atoms with Gasteiger partial charge in [0.15, 0.2) is 23.8 Å². The number of halogens is 3. The van der Waals surface area contributed by atoms with Gasteiger partial charge in [-0.05, 0) is 24.5 Å². The molecule has 2 fully saturated rings. The minimum absolute atomic E-state index is 0.136. The van der Waals surface area contributed by atoms with Gasteiger partial charge in [-0.15, -0.1) is 0 Å². The van der Waals surface area contributed by atoms with Gasteiger partial charge in [-0.25, -0.2) is 14.5 Å². The maximum absolute atomic E-state index is 13.0. The van der Waals surface area contributed by atoms with E-state index in [9.17, 15) is 27.6 Å². The van der Waals surface area contributed by atoms with E-state index in [4.69, 9.17) is 9.84 Å². The lowest BCUT2D eigenvalue weighted by atomic mass is 10.2. The van der Waals surface area contributed by atoms with Crippen LogP contribution >= 0.6 is 0 Å². The van der Waals surface area contributed by atoms with Gasteiger partial charge >= 0.3 is 12.3 Å². The molecule has 2 aromatic heterocycles. The molecule has 0 bridgehead atoms. The number of amides is 2. The number of aromatic nitrogens is 3. The minimum Gasteiger partial charge on any atom is -0.425 e. The van der Waals surface area contributed by atoms with Crippen LogP contribution in [0.3, 0.4) is 0 Å². The molecule has 4 rings (SSSR count). The van der Waals surface area contributed by atoms with E-state index in [0.29, 0.717) is 17.5 Å². The van der Waals surface area contributed by atoms with E-state index in [1.54, 1.807) is 12.1 Å². The third-order valence-electron chi connectivity index (χ3n) is 5.53. The number of aliphatic hydroxyl groups is 1. The van der Waals surface area contributed by atoms with Gasteiger partial charge in [-0.1, -0.05) is 0 Å². The van der Waals surface area contributed by atoms with Crippen molar-refractivity contribution in [2.24, 2.45) is 5.92 Å². The molecular weight excluding hydrogens is 435 g/mol. The number of hydrogen-bond acceptors (Lipinski definition) is 7. The number of fused-ring (bicyclic) bond motifs is 2. The largest absolute Gasteiger partial charge is 0.425 e. The summed E-state index contributed by atoms with van der Waals surface area (Å²) >= 11 is 0. The fraction of sp³-hybridized carbons (Fsp3) is 0.526. The number of ether oxygens (including phenoxy) is 1. The summed E-state index contributed by atoms with van der Waals surface area (Å²) in [5, 5.41) is 15.5. The van der Waals surface area contributed by atoms with Gasteiger partial charge in [-0.2, -0.15) is 18.3 Å². The standard InChI is InChI=1S/C19H20F3N5O5/c1-9(28)16-11-3-2-4-23-17(11)26(25-16)8-14(30)27-12-5-10(12)6-15(27)32-18(31)24-7-13(29)19(20,21)22/h2-4,10,12-13,15,29H,5-8H2,1H3,(H,24,31)/t10-,12-,13?,15+/m1/s1. The number of pyridine rings is 1. The Morgan fingerprint density at radius 2 is 2.09 bits per heavy atom. The summed E-state index contributed by atoms with van der Waals surface area (Å²) in [5.74, 6) is -0.567. The van der Waals surface area contributed by atoms with E-state index in [2.05, 4.69) is 10.1 Å². The van der Waals surface area contributed by atoms with E-state index in [-0.39, 0.29) is 30.0 Å². The highest BCUT2D eigenvalue weighted by Crippen LogP contribution is 2.48. The number of rotatable bonds is 6. The number of ketones is 1. The van der Waals surface area contributed by atoms with Crippen LogP contribution in [-0.4, -0.2) is 73.6 Å². The van der Waals surface area contributed by atoms with Gasteiger partial charge in [0.05, 0.1) is 11.9 Å². The third-order valence-corrected chi connectivity index (χ3v) is 5.53. The van der Waals surface area contributed by atoms with E-state index in [0.717, 1.165) is 6.42 Å². The van der Waals surface area contributed by atoms with Crippen LogP contribution in [0.15, 0.2) is 18.3 Å². The Morgan fingerprint density at radius 1 is 1.34 bits per heavy atom. The number of alkyl halides is 3. The first-order chi connectivity index (χ1) is 15.1. The lowest BCUT2D eigenvalue weighted by molar-refractivity contribution is -0.201. The van der Waals surface area contributed by atoms with Crippen molar-refractivity contribution >= 4 is 28.8 Å². The molecule has 1 saturated carbocycles. The van der Waals surface area contributed by atoms with Crippen molar-refractivity contribution in [2.45, 2.75) is 50.9 Å². The molecule has 10 nitrogen and oxygen atoms in total. The minimum atomic E-state index is -4.87. The second kappa shape index (κ2) is 8.04. The second-order valence-electron chi connectivity index (χ2n) is 7.84. The first-order valence-electron chi connectivity index (χ1n) is 9.89. The van der Waals surface area contributed by atoms with Crippen LogP contribution in [-0.2, 0) is 16.1 Å². The molecule has 1 saturated heterocycles. The highest BCUT2D eigenvalue weighted by atomic mass is 19.4. The van der Waals surface area contributed by atoms with Gasteiger partial charge < -0.3 is 20.1 Å². The van der Waals surface area contributed by atoms with E-state index < -0.39 is 37.1 Å². The summed E-state index contributed by atoms with van der Waals surface area (Å²) in [5.41, 5.74) is 0.538. The number of likely N-dealkylation sites (tertiary alicyclic amines) is 1. The van der Waals surface area contributed by atoms with Crippen LogP contribution in [0.2, 0.25) is 0 Å². The molecule has 1 aliphatic carbocycles. The van der Waals surface area contributed by atoms with Crippen LogP contribution in [0.25, 0.3) is 11.0 Å². The Balaban J connectivity index is 1.44. The number of hydrogen-bond donors (Lipinski definition) is 2. The van der Waals surface area contributed by atoms with Crippen LogP contribution in [0.5, 0.6) is 0 Å². The smallest absolute Gasteiger partial charge is 0.416 e. The van der Waals surface area contributed by atoms with Crippen LogP contribution in [0.4, 0.5) is 18.0 Å². The second-order valence-corrected chi connectivity index (χ2v) is 7.84. The molecule has 2 N–H and O–H groups in total. The van der Waals surface area contributed by atoms with E-state index >= 15 is 0 Å².